The molecule has 0 fully saturated rings. The van der Waals surface area contributed by atoms with Crippen LogP contribution in [0, 0.1) is 0 Å². The molecule has 0 spiro atoms. The van der Waals surface area contributed by atoms with Crippen LogP contribution in [0.3, 0.4) is 0 Å². The fraction of sp³-hybridized carbons (Fsp3) is 0.400. The van der Waals surface area contributed by atoms with Crippen molar-refractivity contribution in [3.8, 4) is 0 Å². The lowest BCUT2D eigenvalue weighted by Crippen LogP contribution is -2.20. The van der Waals surface area contributed by atoms with Gasteiger partial charge in [0, 0.05) is 16.0 Å². The minimum absolute atomic E-state index is 0.481. The molecular formula is C10H12ClNS. The van der Waals surface area contributed by atoms with E-state index in [1.807, 2.05) is 24.9 Å². The summed E-state index contributed by atoms with van der Waals surface area (Å²) >= 11 is 7.88. The fourth-order valence-electron chi connectivity index (χ4n) is 1.67. The zero-order chi connectivity index (χ0) is 9.26. The third-order valence-electron chi connectivity index (χ3n) is 2.36. The lowest BCUT2D eigenvalue weighted by atomic mass is 10.0. The number of benzene rings is 1. The third kappa shape index (κ3) is 1.85. The van der Waals surface area contributed by atoms with Crippen LogP contribution in [0.25, 0.3) is 0 Å². The second kappa shape index (κ2) is 3.91. The maximum absolute atomic E-state index is 5.96. The number of hydrogen-bond donors (Lipinski definition) is 1. The van der Waals surface area contributed by atoms with Gasteiger partial charge < -0.3 is 5.32 Å². The Morgan fingerprint density at radius 1 is 1.54 bits per heavy atom. The molecule has 1 aromatic carbocycles. The van der Waals surface area contributed by atoms with Crippen LogP contribution >= 0.6 is 23.4 Å². The van der Waals surface area contributed by atoms with E-state index in [0.29, 0.717) is 6.04 Å². The first-order valence-electron chi connectivity index (χ1n) is 4.41. The summed E-state index contributed by atoms with van der Waals surface area (Å²) < 4.78 is 0. The van der Waals surface area contributed by atoms with E-state index >= 15 is 0 Å². The van der Waals surface area contributed by atoms with Gasteiger partial charge in [0.2, 0.25) is 0 Å². The Morgan fingerprint density at radius 2 is 2.38 bits per heavy atom. The minimum Gasteiger partial charge on any atom is -0.313 e. The zero-order valence-electron chi connectivity index (χ0n) is 7.51. The Labute approximate surface area is 87.9 Å². The molecule has 0 saturated carbocycles. The molecule has 1 N–H and O–H groups in total. The van der Waals surface area contributed by atoms with E-state index < -0.39 is 0 Å². The Balaban J connectivity index is 2.41. The summed E-state index contributed by atoms with van der Waals surface area (Å²) in [4.78, 5) is 1.37. The number of hydrogen-bond acceptors (Lipinski definition) is 2. The number of thioether (sulfide) groups is 1. The molecule has 0 aromatic heterocycles. The molecule has 1 nitrogen and oxygen atoms in total. The summed E-state index contributed by atoms with van der Waals surface area (Å²) in [7, 11) is 2.01. The third-order valence-corrected chi connectivity index (χ3v) is 3.72. The monoisotopic (exact) mass is 213 g/mol. The molecule has 1 aliphatic heterocycles. The van der Waals surface area contributed by atoms with E-state index in [1.54, 1.807) is 0 Å². The molecule has 13 heavy (non-hydrogen) atoms. The summed E-state index contributed by atoms with van der Waals surface area (Å²) in [6, 6.07) is 6.64. The van der Waals surface area contributed by atoms with Crippen LogP contribution in [0.4, 0.5) is 0 Å². The summed E-state index contributed by atoms with van der Waals surface area (Å²) in [6.45, 7) is 0. The van der Waals surface area contributed by atoms with Crippen LogP contribution in [0.1, 0.15) is 18.0 Å². The van der Waals surface area contributed by atoms with Crippen molar-refractivity contribution in [3.05, 3.63) is 28.8 Å². The van der Waals surface area contributed by atoms with E-state index in [-0.39, 0.29) is 0 Å². The van der Waals surface area contributed by atoms with E-state index in [0.717, 1.165) is 5.02 Å². The summed E-state index contributed by atoms with van der Waals surface area (Å²) in [6.07, 6.45) is 1.19. The van der Waals surface area contributed by atoms with Crippen molar-refractivity contribution in [1.82, 2.24) is 5.32 Å². The van der Waals surface area contributed by atoms with Crippen LogP contribution in [0.5, 0.6) is 0 Å². The van der Waals surface area contributed by atoms with Crippen molar-refractivity contribution < 1.29 is 0 Å². The second-order valence-electron chi connectivity index (χ2n) is 3.16. The van der Waals surface area contributed by atoms with Gasteiger partial charge in [-0.1, -0.05) is 11.6 Å². The SMILES string of the molecule is CNC1CCSc2ccc(Cl)cc21. The molecule has 1 aliphatic rings. The summed E-state index contributed by atoms with van der Waals surface area (Å²) in [5.41, 5.74) is 1.35. The highest BCUT2D eigenvalue weighted by Crippen LogP contribution is 2.37. The largest absolute Gasteiger partial charge is 0.313 e. The molecule has 0 aliphatic carbocycles. The number of nitrogens with one attached hydrogen (secondary N) is 1. The average molecular weight is 214 g/mol. The molecule has 0 amide bonds. The number of rotatable bonds is 1. The van der Waals surface area contributed by atoms with Crippen molar-refractivity contribution in [2.45, 2.75) is 17.4 Å². The van der Waals surface area contributed by atoms with Gasteiger partial charge in [0.1, 0.15) is 0 Å². The summed E-state index contributed by atoms with van der Waals surface area (Å²) in [5, 5.41) is 4.15. The maximum atomic E-state index is 5.96. The molecule has 1 aromatic rings. The first kappa shape index (κ1) is 9.38. The van der Waals surface area contributed by atoms with E-state index in [9.17, 15) is 0 Å². The fourth-order valence-corrected chi connectivity index (χ4v) is 2.95. The highest BCUT2D eigenvalue weighted by Gasteiger charge is 2.18. The molecule has 70 valence electrons. The topological polar surface area (TPSA) is 12.0 Å². The predicted molar refractivity (Wildman–Crippen MR) is 58.6 cm³/mol. The maximum Gasteiger partial charge on any atom is 0.0410 e. The minimum atomic E-state index is 0.481. The van der Waals surface area contributed by atoms with Gasteiger partial charge in [0.05, 0.1) is 0 Å². The number of halogens is 1. The van der Waals surface area contributed by atoms with Crippen LogP contribution in [-0.2, 0) is 0 Å². The number of fused-ring (bicyclic) bond motifs is 1. The second-order valence-corrected chi connectivity index (χ2v) is 4.73. The Bertz CT molecular complexity index is 314. The molecule has 1 atom stereocenters. The van der Waals surface area contributed by atoms with Gasteiger partial charge >= 0.3 is 0 Å². The normalized spacial score (nSPS) is 21.2. The summed E-state index contributed by atoms with van der Waals surface area (Å²) in [5.74, 6) is 1.19. The van der Waals surface area contributed by atoms with Gasteiger partial charge in [-0.2, -0.15) is 0 Å². The van der Waals surface area contributed by atoms with Crippen LogP contribution in [-0.4, -0.2) is 12.8 Å². The van der Waals surface area contributed by atoms with Crippen molar-refractivity contribution in [2.75, 3.05) is 12.8 Å². The Morgan fingerprint density at radius 3 is 3.15 bits per heavy atom. The highest BCUT2D eigenvalue weighted by atomic mass is 35.5. The van der Waals surface area contributed by atoms with Crippen molar-refractivity contribution in [2.24, 2.45) is 0 Å². The quantitative estimate of drug-likeness (QED) is 0.770. The highest BCUT2D eigenvalue weighted by molar-refractivity contribution is 7.99. The van der Waals surface area contributed by atoms with Gasteiger partial charge in [0.15, 0.2) is 0 Å². The first-order chi connectivity index (χ1) is 6.31. The molecule has 0 bridgehead atoms. The molecule has 0 saturated heterocycles. The van der Waals surface area contributed by atoms with Crippen LogP contribution in [0.15, 0.2) is 23.1 Å². The average Bonchev–Trinajstić information content (AvgIpc) is 2.17. The van der Waals surface area contributed by atoms with Gasteiger partial charge in [-0.25, -0.2) is 0 Å². The van der Waals surface area contributed by atoms with E-state index in [4.69, 9.17) is 11.6 Å². The van der Waals surface area contributed by atoms with Crippen molar-refractivity contribution in [3.63, 3.8) is 0 Å². The van der Waals surface area contributed by atoms with Gasteiger partial charge in [0.25, 0.3) is 0 Å². The Kier molecular flexibility index (Phi) is 2.82. The van der Waals surface area contributed by atoms with Crippen molar-refractivity contribution >= 4 is 23.4 Å². The van der Waals surface area contributed by atoms with E-state index in [1.165, 1.54) is 22.6 Å². The van der Waals surface area contributed by atoms with E-state index in [2.05, 4.69) is 17.4 Å². The molecule has 1 unspecified atom stereocenters. The zero-order valence-corrected chi connectivity index (χ0v) is 9.08. The smallest absolute Gasteiger partial charge is 0.0410 e. The van der Waals surface area contributed by atoms with Gasteiger partial charge in [-0.3, -0.25) is 0 Å². The molecular weight excluding hydrogens is 202 g/mol. The standard InChI is InChI=1S/C10H12ClNS/c1-12-9-4-5-13-10-3-2-7(11)6-8(9)10/h2-3,6,9,12H,4-5H2,1H3. The first-order valence-corrected chi connectivity index (χ1v) is 5.77. The van der Waals surface area contributed by atoms with Crippen molar-refractivity contribution in [1.29, 1.82) is 0 Å². The molecule has 2 rings (SSSR count). The molecule has 3 heteroatoms. The lowest BCUT2D eigenvalue weighted by Gasteiger charge is -2.24. The van der Waals surface area contributed by atoms with Gasteiger partial charge in [-0.05, 0) is 43.0 Å². The van der Waals surface area contributed by atoms with Gasteiger partial charge in [-0.15, -0.1) is 11.8 Å². The molecule has 0 radical (unpaired) electrons. The van der Waals surface area contributed by atoms with Crippen LogP contribution in [0.2, 0.25) is 5.02 Å². The lowest BCUT2D eigenvalue weighted by molar-refractivity contribution is 0.565. The Hall–Kier alpha value is -0.180. The predicted octanol–water partition coefficient (Wildman–Crippen LogP) is 3.10. The van der Waals surface area contributed by atoms with Crippen LogP contribution < -0.4 is 5.32 Å². The molecule has 1 heterocycles.